The lowest BCUT2D eigenvalue weighted by Gasteiger charge is -2.20. The monoisotopic (exact) mass is 626 g/mol. The van der Waals surface area contributed by atoms with Crippen LogP contribution in [-0.4, -0.2) is 42.9 Å². The summed E-state index contributed by atoms with van der Waals surface area (Å²) >= 11 is 0. The van der Waals surface area contributed by atoms with E-state index in [0.29, 0.717) is 4.57 Å². The number of rotatable bonds is 7. The molecule has 4 aromatic rings. The van der Waals surface area contributed by atoms with Crippen LogP contribution in [0.4, 0.5) is 39.5 Å². The maximum atomic E-state index is 13.3. The summed E-state index contributed by atoms with van der Waals surface area (Å²) in [4.78, 5) is 30.6. The molecule has 2 aromatic carbocycles. The van der Waals surface area contributed by atoms with Crippen LogP contribution in [0.1, 0.15) is 24.2 Å². The molecule has 0 amide bonds. The predicted octanol–water partition coefficient (Wildman–Crippen LogP) is 5.07. The first-order chi connectivity index (χ1) is 19.8. The van der Waals surface area contributed by atoms with Crippen molar-refractivity contribution in [3.8, 4) is 22.9 Å². The largest absolute Gasteiger partial charge is 0.573 e. The molecule has 4 rings (SSSR count). The van der Waals surface area contributed by atoms with E-state index < -0.39 is 76.9 Å². The van der Waals surface area contributed by atoms with Gasteiger partial charge in [0.15, 0.2) is 28.8 Å². The van der Waals surface area contributed by atoms with E-state index in [1.54, 1.807) is 4.98 Å². The van der Waals surface area contributed by atoms with Crippen LogP contribution >= 0.6 is 0 Å². The molecular formula is C25H19F9N4O5. The van der Waals surface area contributed by atoms with E-state index in [2.05, 4.69) is 9.72 Å². The highest BCUT2D eigenvalue weighted by molar-refractivity contribution is 5.77. The summed E-state index contributed by atoms with van der Waals surface area (Å²) in [7, 11) is 1.20. The van der Waals surface area contributed by atoms with Crippen LogP contribution < -0.4 is 20.7 Å². The lowest BCUT2D eigenvalue weighted by molar-refractivity contribution is -0.275. The minimum absolute atomic E-state index is 0.165. The summed E-state index contributed by atoms with van der Waals surface area (Å²) in [6.07, 6.45) is -19.1. The van der Waals surface area contributed by atoms with Crippen LogP contribution in [0.2, 0.25) is 0 Å². The van der Waals surface area contributed by atoms with Gasteiger partial charge in [-0.15, -0.1) is 13.2 Å². The molecule has 18 heteroatoms. The highest BCUT2D eigenvalue weighted by Crippen LogP contribution is 2.39. The molecule has 0 aliphatic rings. The van der Waals surface area contributed by atoms with Gasteiger partial charge >= 0.3 is 24.4 Å². The third-order valence-corrected chi connectivity index (χ3v) is 6.19. The van der Waals surface area contributed by atoms with Crippen molar-refractivity contribution in [3.05, 3.63) is 74.4 Å². The molecule has 2 N–H and O–H groups in total. The number of nitrogens with zero attached hydrogens (tertiary/aromatic N) is 3. The number of hydrogen-bond acceptors (Lipinski definition) is 6. The standard InChI is InChI=1S/C25H19F9N4O5/c1-11(12-3-6-14(7-4-12)23(26,27)28)42-15-8-5-13(9-16(15)43-25(32,33)34)19-35-20-18(37(19)2)21(40)36-22(41)38(20)10-17(39)24(29,30)31/h3-9,11,17,39H,10H2,1-2H3,(H,36,40,41). The molecule has 2 heterocycles. The molecule has 0 spiro atoms. The molecule has 2 aromatic heterocycles. The summed E-state index contributed by atoms with van der Waals surface area (Å²) in [5, 5.41) is 9.47. The second-order valence-corrected chi connectivity index (χ2v) is 9.18. The van der Waals surface area contributed by atoms with Gasteiger partial charge < -0.3 is 19.1 Å². The fourth-order valence-corrected chi connectivity index (χ4v) is 4.10. The van der Waals surface area contributed by atoms with Gasteiger partial charge in [0.25, 0.3) is 5.56 Å². The van der Waals surface area contributed by atoms with Gasteiger partial charge in [-0.2, -0.15) is 26.3 Å². The Kier molecular flexibility index (Phi) is 8.03. The molecule has 0 aliphatic carbocycles. The zero-order valence-electron chi connectivity index (χ0n) is 21.7. The van der Waals surface area contributed by atoms with Crippen molar-refractivity contribution in [1.29, 1.82) is 0 Å². The molecule has 0 saturated carbocycles. The Labute approximate surface area is 233 Å². The number of aryl methyl sites for hydroxylation is 1. The number of aromatic amines is 1. The third kappa shape index (κ3) is 6.79. The van der Waals surface area contributed by atoms with Crippen molar-refractivity contribution in [1.82, 2.24) is 19.1 Å². The number of hydrogen-bond donors (Lipinski definition) is 2. The van der Waals surface area contributed by atoms with Gasteiger partial charge in [-0.25, -0.2) is 9.78 Å². The average Bonchev–Trinajstić information content (AvgIpc) is 3.22. The Morgan fingerprint density at radius 2 is 1.58 bits per heavy atom. The molecule has 2 unspecified atom stereocenters. The van der Waals surface area contributed by atoms with Crippen LogP contribution in [0.3, 0.4) is 0 Å². The van der Waals surface area contributed by atoms with E-state index in [9.17, 15) is 54.2 Å². The third-order valence-electron chi connectivity index (χ3n) is 6.19. The summed E-state index contributed by atoms with van der Waals surface area (Å²) in [5.74, 6) is -1.69. The van der Waals surface area contributed by atoms with Gasteiger partial charge in [0.05, 0.1) is 12.1 Å². The fourth-order valence-electron chi connectivity index (χ4n) is 4.10. The topological polar surface area (TPSA) is 111 Å². The van der Waals surface area contributed by atoms with E-state index in [1.165, 1.54) is 20.0 Å². The number of ether oxygens (including phenoxy) is 2. The first-order valence-electron chi connectivity index (χ1n) is 11.9. The van der Waals surface area contributed by atoms with E-state index in [0.717, 1.165) is 41.0 Å². The minimum atomic E-state index is -5.24. The van der Waals surface area contributed by atoms with Gasteiger partial charge in [0.2, 0.25) is 0 Å². The minimum Gasteiger partial charge on any atom is -0.482 e. The number of alkyl halides is 9. The highest BCUT2D eigenvalue weighted by atomic mass is 19.4. The normalized spacial score (nSPS) is 14.1. The Hall–Kier alpha value is -4.48. The predicted molar refractivity (Wildman–Crippen MR) is 130 cm³/mol. The van der Waals surface area contributed by atoms with E-state index in [-0.39, 0.29) is 17.0 Å². The maximum Gasteiger partial charge on any atom is 0.573 e. The zero-order chi connectivity index (χ0) is 32.1. The van der Waals surface area contributed by atoms with E-state index in [4.69, 9.17) is 4.74 Å². The number of aromatic nitrogens is 4. The first-order valence-corrected chi connectivity index (χ1v) is 11.9. The van der Waals surface area contributed by atoms with Crippen LogP contribution in [-0.2, 0) is 19.8 Å². The molecule has 0 bridgehead atoms. The number of H-pyrrole nitrogens is 1. The molecule has 0 saturated heterocycles. The van der Waals surface area contributed by atoms with Crippen molar-refractivity contribution < 1.29 is 54.1 Å². The van der Waals surface area contributed by atoms with Gasteiger partial charge in [0, 0.05) is 12.6 Å². The Balaban J connectivity index is 1.77. The lowest BCUT2D eigenvalue weighted by Crippen LogP contribution is -2.39. The van der Waals surface area contributed by atoms with Crippen LogP contribution in [0, 0.1) is 0 Å². The Bertz CT molecular complexity index is 1750. The molecule has 0 radical (unpaired) electrons. The number of aliphatic hydroxyl groups excluding tert-OH is 1. The zero-order valence-corrected chi connectivity index (χ0v) is 21.7. The van der Waals surface area contributed by atoms with Crippen LogP contribution in [0.5, 0.6) is 11.5 Å². The molecule has 2 atom stereocenters. The van der Waals surface area contributed by atoms with Crippen LogP contribution in [0.15, 0.2) is 52.1 Å². The maximum absolute atomic E-state index is 13.3. The average molecular weight is 626 g/mol. The number of halogens is 9. The summed E-state index contributed by atoms with van der Waals surface area (Å²) in [6.45, 7) is 0.0172. The van der Waals surface area contributed by atoms with Gasteiger partial charge in [-0.1, -0.05) is 12.1 Å². The van der Waals surface area contributed by atoms with E-state index >= 15 is 0 Å². The Morgan fingerprint density at radius 3 is 2.14 bits per heavy atom. The number of benzene rings is 2. The van der Waals surface area contributed by atoms with E-state index in [1.807, 2.05) is 0 Å². The number of fused-ring (bicyclic) bond motifs is 1. The summed E-state index contributed by atoms with van der Waals surface area (Å²) < 4.78 is 128. The molecular weight excluding hydrogens is 607 g/mol. The smallest absolute Gasteiger partial charge is 0.482 e. The second-order valence-electron chi connectivity index (χ2n) is 9.18. The van der Waals surface area contributed by atoms with Gasteiger partial charge in [-0.05, 0) is 42.8 Å². The summed E-state index contributed by atoms with van der Waals surface area (Å²) in [6, 6.07) is 6.68. The first kappa shape index (κ1) is 31.5. The Morgan fingerprint density at radius 1 is 0.953 bits per heavy atom. The van der Waals surface area contributed by atoms with Crippen molar-refractivity contribution in [2.24, 2.45) is 7.05 Å². The van der Waals surface area contributed by atoms with Crippen molar-refractivity contribution in [3.63, 3.8) is 0 Å². The van der Waals surface area contributed by atoms with Gasteiger partial charge in [0.1, 0.15) is 11.9 Å². The molecule has 9 nitrogen and oxygen atoms in total. The van der Waals surface area contributed by atoms with Crippen molar-refractivity contribution in [2.75, 3.05) is 0 Å². The van der Waals surface area contributed by atoms with Crippen molar-refractivity contribution in [2.45, 2.75) is 44.4 Å². The summed E-state index contributed by atoms with van der Waals surface area (Å²) in [5.41, 5.74) is -4.36. The molecule has 43 heavy (non-hydrogen) atoms. The SMILES string of the molecule is CC(Oc1ccc(-c2nc3c(c(=O)[nH]c(=O)n3CC(O)C(F)(F)F)n2C)cc1OC(F)(F)F)c1ccc(C(F)(F)F)cc1. The van der Waals surface area contributed by atoms with Gasteiger partial charge in [-0.3, -0.25) is 14.3 Å². The second kappa shape index (κ2) is 11.0. The number of nitrogens with one attached hydrogen (secondary N) is 1. The molecule has 232 valence electrons. The quantitative estimate of drug-likeness (QED) is 0.277. The lowest BCUT2D eigenvalue weighted by atomic mass is 10.1. The fraction of sp³-hybridized carbons (Fsp3) is 0.320. The molecule has 0 fully saturated rings. The number of imidazole rings is 1. The number of aliphatic hydroxyl groups is 1. The van der Waals surface area contributed by atoms with Crippen molar-refractivity contribution >= 4 is 11.2 Å². The molecule has 0 aliphatic heterocycles. The van der Waals surface area contributed by atoms with Crippen LogP contribution in [0.25, 0.3) is 22.6 Å². The highest BCUT2D eigenvalue weighted by Gasteiger charge is 2.39.